The number of nitriles is 1. The van der Waals surface area contributed by atoms with Crippen molar-refractivity contribution >= 4 is 0 Å². The summed E-state index contributed by atoms with van der Waals surface area (Å²) in [5, 5.41) is 8.96. The molecule has 0 aliphatic carbocycles. The largest absolute Gasteiger partial charge is 0.481 e. The Bertz CT molecular complexity index is 470. The smallest absolute Gasteiger partial charge is 0.227 e. The summed E-state index contributed by atoms with van der Waals surface area (Å²) in [6.45, 7) is 1.61. The van der Waals surface area contributed by atoms with E-state index in [2.05, 4.69) is 0 Å². The number of halogens is 2. The van der Waals surface area contributed by atoms with Crippen LogP contribution < -0.4 is 9.47 Å². The van der Waals surface area contributed by atoms with Crippen LogP contribution in [0.15, 0.2) is 12.1 Å². The number of ether oxygens (including phenoxy) is 2. The molecule has 1 aliphatic heterocycles. The van der Waals surface area contributed by atoms with Crippen LogP contribution in [0.4, 0.5) is 8.78 Å². The van der Waals surface area contributed by atoms with Gasteiger partial charge in [0.25, 0.3) is 0 Å². The molecule has 1 aliphatic rings. The van der Waals surface area contributed by atoms with E-state index in [1.54, 1.807) is 6.92 Å². The lowest BCUT2D eigenvalue weighted by Gasteiger charge is -2.32. The van der Waals surface area contributed by atoms with Gasteiger partial charge in [0, 0.05) is 6.42 Å². The Morgan fingerprint density at radius 1 is 1.38 bits per heavy atom. The number of nitrogens with zero attached hydrogens (tertiary/aromatic N) is 1. The summed E-state index contributed by atoms with van der Waals surface area (Å²) in [5.74, 6) is -2.02. The molecule has 0 spiro atoms. The minimum Gasteiger partial charge on any atom is -0.481 e. The van der Waals surface area contributed by atoms with Gasteiger partial charge in [-0.15, -0.1) is 0 Å². The molecular weight excluding hydrogens is 216 g/mol. The van der Waals surface area contributed by atoms with Gasteiger partial charge in [-0.3, -0.25) is 0 Å². The average Bonchev–Trinajstić information content (AvgIpc) is 2.33. The van der Waals surface area contributed by atoms with Crippen molar-refractivity contribution in [2.45, 2.75) is 18.9 Å². The predicted molar refractivity (Wildman–Crippen MR) is 51.1 cm³/mol. The Balaban J connectivity index is 2.48. The first-order chi connectivity index (χ1) is 7.62. The highest BCUT2D eigenvalue weighted by molar-refractivity contribution is 5.44. The molecule has 0 saturated carbocycles. The Hall–Kier alpha value is -1.83. The van der Waals surface area contributed by atoms with E-state index < -0.39 is 17.2 Å². The van der Waals surface area contributed by atoms with Crippen LogP contribution in [0.5, 0.6) is 11.5 Å². The van der Waals surface area contributed by atoms with Crippen molar-refractivity contribution in [1.29, 1.82) is 5.26 Å². The molecule has 16 heavy (non-hydrogen) atoms. The molecule has 1 aromatic rings. The van der Waals surface area contributed by atoms with Crippen molar-refractivity contribution in [3.8, 4) is 17.6 Å². The van der Waals surface area contributed by atoms with Gasteiger partial charge in [0.2, 0.25) is 11.4 Å². The molecule has 0 unspecified atom stereocenters. The molecule has 0 amide bonds. The number of benzene rings is 1. The van der Waals surface area contributed by atoms with Crippen LogP contribution in [0, 0.1) is 23.0 Å². The van der Waals surface area contributed by atoms with Crippen LogP contribution in [0.1, 0.15) is 13.3 Å². The maximum Gasteiger partial charge on any atom is 0.227 e. The van der Waals surface area contributed by atoms with Gasteiger partial charge in [-0.25, -0.2) is 8.78 Å². The Morgan fingerprint density at radius 3 is 2.56 bits per heavy atom. The molecule has 0 bridgehead atoms. The summed E-state index contributed by atoms with van der Waals surface area (Å²) >= 11 is 0. The maximum atomic E-state index is 13.4. The zero-order valence-corrected chi connectivity index (χ0v) is 8.59. The molecule has 84 valence electrons. The first kappa shape index (κ1) is 10.7. The van der Waals surface area contributed by atoms with Gasteiger partial charge in [0.15, 0.2) is 17.4 Å². The predicted octanol–water partition coefficient (Wildman–Crippen LogP) is 2.41. The van der Waals surface area contributed by atoms with Crippen molar-refractivity contribution in [2.75, 3.05) is 6.61 Å². The summed E-state index contributed by atoms with van der Waals surface area (Å²) in [4.78, 5) is 0. The number of rotatable bonds is 1. The molecule has 2 rings (SSSR count). The Morgan fingerprint density at radius 2 is 2.00 bits per heavy atom. The van der Waals surface area contributed by atoms with E-state index in [1.807, 2.05) is 6.07 Å². The maximum absolute atomic E-state index is 13.4. The third kappa shape index (κ3) is 1.47. The quantitative estimate of drug-likeness (QED) is 0.737. The SMILES string of the molecule is CC[C@@]1(C#N)COc2c(F)ccc(F)c2O1. The third-order valence-electron chi connectivity index (χ3n) is 2.54. The summed E-state index contributed by atoms with van der Waals surface area (Å²) in [5.41, 5.74) is -1.23. The van der Waals surface area contributed by atoms with E-state index in [-0.39, 0.29) is 18.1 Å². The third-order valence-corrected chi connectivity index (χ3v) is 2.54. The van der Waals surface area contributed by atoms with Gasteiger partial charge in [0.05, 0.1) is 0 Å². The van der Waals surface area contributed by atoms with Crippen molar-refractivity contribution in [1.82, 2.24) is 0 Å². The second-order valence-corrected chi connectivity index (χ2v) is 3.54. The average molecular weight is 225 g/mol. The molecule has 1 heterocycles. The summed E-state index contributed by atoms with van der Waals surface area (Å²) in [7, 11) is 0. The molecule has 0 radical (unpaired) electrons. The van der Waals surface area contributed by atoms with E-state index >= 15 is 0 Å². The molecule has 1 atom stereocenters. The first-order valence-electron chi connectivity index (χ1n) is 4.83. The van der Waals surface area contributed by atoms with Gasteiger partial charge in [-0.2, -0.15) is 5.26 Å². The van der Waals surface area contributed by atoms with Crippen LogP contribution in [-0.2, 0) is 0 Å². The van der Waals surface area contributed by atoms with Gasteiger partial charge in [-0.1, -0.05) is 6.92 Å². The second-order valence-electron chi connectivity index (χ2n) is 3.54. The zero-order chi connectivity index (χ0) is 11.8. The second kappa shape index (κ2) is 3.63. The lowest BCUT2D eigenvalue weighted by Crippen LogP contribution is -2.43. The molecule has 0 N–H and O–H groups in total. The standard InChI is InChI=1S/C11H9F2NO2/c1-2-11(5-14)6-15-9-7(12)3-4-8(13)10(9)16-11/h3-4H,2,6H2,1H3/t11-/m1/s1. The van der Waals surface area contributed by atoms with Gasteiger partial charge >= 0.3 is 0 Å². The summed E-state index contributed by atoms with van der Waals surface area (Å²) < 4.78 is 36.9. The molecule has 0 fully saturated rings. The van der Waals surface area contributed by atoms with Crippen molar-refractivity contribution < 1.29 is 18.3 Å². The van der Waals surface area contributed by atoms with Gasteiger partial charge < -0.3 is 9.47 Å². The molecule has 0 aromatic heterocycles. The van der Waals surface area contributed by atoms with E-state index in [9.17, 15) is 8.78 Å². The molecule has 0 saturated heterocycles. The van der Waals surface area contributed by atoms with Crippen LogP contribution in [0.3, 0.4) is 0 Å². The topological polar surface area (TPSA) is 42.2 Å². The van der Waals surface area contributed by atoms with Crippen LogP contribution >= 0.6 is 0 Å². The van der Waals surface area contributed by atoms with Gasteiger partial charge in [-0.05, 0) is 12.1 Å². The fourth-order valence-electron chi connectivity index (χ4n) is 1.47. The number of hydrogen-bond acceptors (Lipinski definition) is 3. The highest BCUT2D eigenvalue weighted by Crippen LogP contribution is 2.40. The summed E-state index contributed by atoms with van der Waals surface area (Å²) in [6, 6.07) is 3.82. The zero-order valence-electron chi connectivity index (χ0n) is 8.59. The number of hydrogen-bond donors (Lipinski definition) is 0. The minimum atomic E-state index is -1.23. The van der Waals surface area contributed by atoms with Crippen LogP contribution in [0.25, 0.3) is 0 Å². The normalized spacial score (nSPS) is 22.6. The molecule has 3 nitrogen and oxygen atoms in total. The molecular formula is C11H9F2NO2. The highest BCUT2D eigenvalue weighted by atomic mass is 19.1. The van der Waals surface area contributed by atoms with Crippen LogP contribution in [0.2, 0.25) is 0 Å². The van der Waals surface area contributed by atoms with Crippen molar-refractivity contribution in [3.05, 3.63) is 23.8 Å². The van der Waals surface area contributed by atoms with Crippen LogP contribution in [-0.4, -0.2) is 12.2 Å². The fourth-order valence-corrected chi connectivity index (χ4v) is 1.47. The van der Waals surface area contributed by atoms with E-state index in [1.165, 1.54) is 0 Å². The van der Waals surface area contributed by atoms with E-state index in [4.69, 9.17) is 14.7 Å². The fraction of sp³-hybridized carbons (Fsp3) is 0.364. The minimum absolute atomic E-state index is 0.104. The Kier molecular flexibility index (Phi) is 2.43. The number of fused-ring (bicyclic) bond motifs is 1. The van der Waals surface area contributed by atoms with E-state index in [0.29, 0.717) is 6.42 Å². The highest BCUT2D eigenvalue weighted by Gasteiger charge is 2.39. The molecule has 1 aromatic carbocycles. The monoisotopic (exact) mass is 225 g/mol. The molecule has 5 heteroatoms. The lowest BCUT2D eigenvalue weighted by molar-refractivity contribution is 0.0255. The first-order valence-corrected chi connectivity index (χ1v) is 4.83. The van der Waals surface area contributed by atoms with Crippen molar-refractivity contribution in [2.24, 2.45) is 0 Å². The van der Waals surface area contributed by atoms with Gasteiger partial charge in [0.1, 0.15) is 12.7 Å². The van der Waals surface area contributed by atoms with E-state index in [0.717, 1.165) is 12.1 Å². The summed E-state index contributed by atoms with van der Waals surface area (Å²) in [6.07, 6.45) is 0.332. The lowest BCUT2D eigenvalue weighted by atomic mass is 10.0. The Labute approximate surface area is 91.2 Å². The van der Waals surface area contributed by atoms with Crippen molar-refractivity contribution in [3.63, 3.8) is 0 Å².